The third kappa shape index (κ3) is 5.72. The van der Waals surface area contributed by atoms with Gasteiger partial charge in [-0.3, -0.25) is 0 Å². The topological polar surface area (TPSA) is 52.7 Å². The molecule has 0 saturated carbocycles. The molecule has 1 aliphatic rings. The lowest BCUT2D eigenvalue weighted by Crippen LogP contribution is -2.53. The van der Waals surface area contributed by atoms with Crippen LogP contribution in [0.1, 0.15) is 35.4 Å². The van der Waals surface area contributed by atoms with Gasteiger partial charge in [-0.2, -0.15) is 13.2 Å². The Morgan fingerprint density at radius 3 is 2.39 bits per heavy atom. The van der Waals surface area contributed by atoms with Gasteiger partial charge < -0.3 is 15.6 Å². The summed E-state index contributed by atoms with van der Waals surface area (Å²) in [4.78, 5) is 8.00. The summed E-state index contributed by atoms with van der Waals surface area (Å²) in [7, 11) is 0. The monoisotopic (exact) mass is 496 g/mol. The summed E-state index contributed by atoms with van der Waals surface area (Å²) >= 11 is 12.4. The number of aryl methyl sites for hydroxylation is 1. The van der Waals surface area contributed by atoms with E-state index in [-0.39, 0.29) is 5.54 Å². The highest BCUT2D eigenvalue weighted by molar-refractivity contribution is 6.35. The Balaban J connectivity index is 1.54. The smallest absolute Gasteiger partial charge is 0.342 e. The molecule has 4 nitrogen and oxygen atoms in total. The van der Waals surface area contributed by atoms with E-state index in [9.17, 15) is 13.2 Å². The Bertz CT molecular complexity index is 1100. The lowest BCUT2D eigenvalue weighted by Gasteiger charge is -2.39. The first-order chi connectivity index (χ1) is 15.7. The van der Waals surface area contributed by atoms with E-state index < -0.39 is 11.7 Å². The number of aromatic amines is 1. The molecule has 1 aromatic heterocycles. The number of benzene rings is 2. The number of aromatic nitrogens is 2. The number of halogens is 5. The van der Waals surface area contributed by atoms with Crippen molar-refractivity contribution in [1.29, 1.82) is 0 Å². The maximum Gasteiger partial charge on any atom is 0.416 e. The van der Waals surface area contributed by atoms with E-state index in [0.717, 1.165) is 55.0 Å². The largest absolute Gasteiger partial charge is 0.416 e. The summed E-state index contributed by atoms with van der Waals surface area (Å²) in [6, 6.07) is 10.6. The minimum absolute atomic E-state index is 0.175. The van der Waals surface area contributed by atoms with E-state index in [1.165, 1.54) is 12.1 Å². The first-order valence-corrected chi connectivity index (χ1v) is 11.5. The van der Waals surface area contributed by atoms with Gasteiger partial charge in [0, 0.05) is 39.8 Å². The van der Waals surface area contributed by atoms with Crippen LogP contribution in [0.5, 0.6) is 0 Å². The molecule has 3 aromatic rings. The Kier molecular flexibility index (Phi) is 7.05. The SMILES string of the molecule is Cc1[nH]c(-c2ccc(C(F)(F)F)cc2)nc1CC1(NCc2ccc(Cl)cc2Cl)CCNCC1. The Morgan fingerprint density at radius 2 is 1.76 bits per heavy atom. The quantitative estimate of drug-likeness (QED) is 0.382. The van der Waals surface area contributed by atoms with Crippen molar-refractivity contribution in [2.45, 2.75) is 44.4 Å². The minimum atomic E-state index is -4.36. The zero-order valence-electron chi connectivity index (χ0n) is 18.1. The number of hydrogen-bond acceptors (Lipinski definition) is 3. The van der Waals surface area contributed by atoms with Crippen molar-refractivity contribution >= 4 is 23.2 Å². The molecule has 0 aliphatic carbocycles. The number of piperidine rings is 1. The van der Waals surface area contributed by atoms with E-state index in [4.69, 9.17) is 28.2 Å². The third-order valence-electron chi connectivity index (χ3n) is 6.21. The van der Waals surface area contributed by atoms with E-state index in [1.54, 1.807) is 6.07 Å². The molecule has 0 amide bonds. The van der Waals surface area contributed by atoms with Crippen LogP contribution >= 0.6 is 23.2 Å². The van der Waals surface area contributed by atoms with Crippen LogP contribution in [-0.2, 0) is 19.1 Å². The Labute approximate surface area is 200 Å². The molecular formula is C24H25Cl2F3N4. The summed E-state index contributed by atoms with van der Waals surface area (Å²) in [5.41, 5.74) is 2.57. The van der Waals surface area contributed by atoms with Crippen LogP contribution < -0.4 is 10.6 Å². The number of hydrogen-bond donors (Lipinski definition) is 3. The zero-order chi connectivity index (χ0) is 23.6. The van der Waals surface area contributed by atoms with Crippen molar-refractivity contribution in [2.75, 3.05) is 13.1 Å². The molecule has 0 atom stereocenters. The number of H-pyrrole nitrogens is 1. The molecule has 3 N–H and O–H groups in total. The fourth-order valence-electron chi connectivity index (χ4n) is 4.21. The van der Waals surface area contributed by atoms with Gasteiger partial charge in [-0.05, 0) is 62.7 Å². The average molecular weight is 497 g/mol. The highest BCUT2D eigenvalue weighted by Crippen LogP contribution is 2.32. The Morgan fingerprint density at radius 1 is 1.06 bits per heavy atom. The summed E-state index contributed by atoms with van der Waals surface area (Å²) in [6.45, 7) is 4.32. The van der Waals surface area contributed by atoms with E-state index >= 15 is 0 Å². The van der Waals surface area contributed by atoms with Crippen molar-refractivity contribution in [3.63, 3.8) is 0 Å². The van der Waals surface area contributed by atoms with Gasteiger partial charge in [-0.25, -0.2) is 4.98 Å². The standard InChI is InChI=1S/C24H25Cl2F3N4/c1-15-21(33-22(32-15)16-2-5-18(6-3-16)24(27,28)29)13-23(8-10-30-11-9-23)31-14-17-4-7-19(25)12-20(17)26/h2-7,12,30-31H,8-11,13-14H2,1H3,(H,32,33). The van der Waals surface area contributed by atoms with E-state index in [1.807, 2.05) is 19.1 Å². The van der Waals surface area contributed by atoms with Gasteiger partial charge in [0.2, 0.25) is 0 Å². The van der Waals surface area contributed by atoms with Crippen LogP contribution in [0.15, 0.2) is 42.5 Å². The van der Waals surface area contributed by atoms with Crippen molar-refractivity contribution in [1.82, 2.24) is 20.6 Å². The molecule has 176 valence electrons. The van der Waals surface area contributed by atoms with Crippen LogP contribution in [-0.4, -0.2) is 28.6 Å². The molecular weight excluding hydrogens is 472 g/mol. The molecule has 2 aromatic carbocycles. The average Bonchev–Trinajstić information content (AvgIpc) is 3.13. The lowest BCUT2D eigenvalue weighted by molar-refractivity contribution is -0.137. The third-order valence-corrected chi connectivity index (χ3v) is 6.79. The maximum absolute atomic E-state index is 12.9. The molecule has 1 saturated heterocycles. The Hall–Kier alpha value is -2.06. The first kappa shape index (κ1) is 24.1. The fourth-order valence-corrected chi connectivity index (χ4v) is 4.69. The molecule has 1 fully saturated rings. The van der Waals surface area contributed by atoms with Gasteiger partial charge in [0.1, 0.15) is 5.82 Å². The van der Waals surface area contributed by atoms with Gasteiger partial charge in [-0.15, -0.1) is 0 Å². The summed E-state index contributed by atoms with van der Waals surface area (Å²) in [5.74, 6) is 0.570. The van der Waals surface area contributed by atoms with Gasteiger partial charge in [0.05, 0.1) is 11.3 Å². The number of rotatable bonds is 6. The molecule has 0 radical (unpaired) electrons. The van der Waals surface area contributed by atoms with Crippen LogP contribution in [0.4, 0.5) is 13.2 Å². The van der Waals surface area contributed by atoms with E-state index in [0.29, 0.717) is 34.4 Å². The highest BCUT2D eigenvalue weighted by atomic mass is 35.5. The van der Waals surface area contributed by atoms with Gasteiger partial charge in [0.25, 0.3) is 0 Å². The maximum atomic E-state index is 12.9. The van der Waals surface area contributed by atoms with Crippen LogP contribution in [0.3, 0.4) is 0 Å². The summed E-state index contributed by atoms with van der Waals surface area (Å²) in [5, 5.41) is 8.34. The molecule has 0 spiro atoms. The minimum Gasteiger partial charge on any atom is -0.342 e. The van der Waals surface area contributed by atoms with Crippen molar-refractivity contribution < 1.29 is 13.2 Å². The number of nitrogens with one attached hydrogen (secondary N) is 3. The highest BCUT2D eigenvalue weighted by Gasteiger charge is 2.34. The molecule has 0 bridgehead atoms. The van der Waals surface area contributed by atoms with Gasteiger partial charge in [0.15, 0.2) is 0 Å². The fraction of sp³-hybridized carbons (Fsp3) is 0.375. The second-order valence-electron chi connectivity index (χ2n) is 8.53. The number of imidazole rings is 1. The summed E-state index contributed by atoms with van der Waals surface area (Å²) < 4.78 is 38.6. The molecule has 1 aliphatic heterocycles. The van der Waals surface area contributed by atoms with E-state index in [2.05, 4.69) is 15.6 Å². The predicted molar refractivity (Wildman–Crippen MR) is 126 cm³/mol. The second kappa shape index (κ2) is 9.66. The zero-order valence-corrected chi connectivity index (χ0v) is 19.6. The van der Waals surface area contributed by atoms with Crippen molar-refractivity contribution in [2.24, 2.45) is 0 Å². The first-order valence-electron chi connectivity index (χ1n) is 10.8. The van der Waals surface area contributed by atoms with Gasteiger partial charge >= 0.3 is 6.18 Å². The molecule has 9 heteroatoms. The number of alkyl halides is 3. The molecule has 33 heavy (non-hydrogen) atoms. The molecule has 2 heterocycles. The second-order valence-corrected chi connectivity index (χ2v) is 9.37. The lowest BCUT2D eigenvalue weighted by atomic mass is 9.83. The predicted octanol–water partition coefficient (Wildman–Crippen LogP) is 6.17. The molecule has 0 unspecified atom stereocenters. The van der Waals surface area contributed by atoms with Crippen LogP contribution in [0.25, 0.3) is 11.4 Å². The number of nitrogens with zero attached hydrogens (tertiary/aromatic N) is 1. The summed E-state index contributed by atoms with van der Waals surface area (Å²) in [6.07, 6.45) is -1.83. The van der Waals surface area contributed by atoms with Gasteiger partial charge in [-0.1, -0.05) is 41.4 Å². The normalized spacial score (nSPS) is 16.2. The molecule has 4 rings (SSSR count). The van der Waals surface area contributed by atoms with Crippen LogP contribution in [0, 0.1) is 6.92 Å². The van der Waals surface area contributed by atoms with Crippen molar-refractivity contribution in [3.8, 4) is 11.4 Å². The van der Waals surface area contributed by atoms with Crippen molar-refractivity contribution in [3.05, 3.63) is 75.0 Å². The van der Waals surface area contributed by atoms with Crippen LogP contribution in [0.2, 0.25) is 10.0 Å².